The molecular formula is C58H34N4O2. The molecule has 0 saturated heterocycles. The first-order valence-electron chi connectivity index (χ1n) is 21.4. The van der Waals surface area contributed by atoms with Crippen LogP contribution in [0.5, 0.6) is 0 Å². The largest absolute Gasteiger partial charge is 0.455 e. The van der Waals surface area contributed by atoms with Gasteiger partial charge in [0, 0.05) is 71.9 Å². The summed E-state index contributed by atoms with van der Waals surface area (Å²) in [5.74, 6) is 0.604. The molecule has 5 heterocycles. The molecule has 0 saturated carbocycles. The number of nitrogens with zero attached hydrogens (tertiary/aromatic N) is 4. The molecule has 64 heavy (non-hydrogen) atoms. The second kappa shape index (κ2) is 14.4. The number of rotatable bonds is 6. The van der Waals surface area contributed by atoms with Crippen molar-refractivity contribution >= 4 is 65.7 Å². The van der Waals surface area contributed by atoms with Gasteiger partial charge in [-0.2, -0.15) is 0 Å². The normalized spacial score (nSPS) is 11.8. The van der Waals surface area contributed by atoms with Crippen molar-refractivity contribution in [3.05, 3.63) is 206 Å². The molecule has 0 N–H and O–H groups in total. The van der Waals surface area contributed by atoms with E-state index in [1.165, 1.54) is 0 Å². The number of benzene rings is 8. The third-order valence-electron chi connectivity index (χ3n) is 12.3. The lowest BCUT2D eigenvalue weighted by Crippen LogP contribution is -1.97. The summed E-state index contributed by atoms with van der Waals surface area (Å²) in [4.78, 5) is 20.4. The summed E-state index contributed by atoms with van der Waals surface area (Å²) in [6, 6.07) is 69.0. The molecule has 5 aromatic heterocycles. The molecule has 8 aromatic carbocycles. The Labute approximate surface area is 366 Å². The van der Waals surface area contributed by atoms with Crippen LogP contribution in [0, 0.1) is 0 Å². The summed E-state index contributed by atoms with van der Waals surface area (Å²) in [7, 11) is 0. The van der Waals surface area contributed by atoms with Gasteiger partial charge in [0.25, 0.3) is 0 Å². The predicted molar refractivity (Wildman–Crippen MR) is 260 cm³/mol. The van der Waals surface area contributed by atoms with Crippen molar-refractivity contribution in [1.29, 1.82) is 0 Å². The fourth-order valence-corrected chi connectivity index (χ4v) is 9.19. The second-order valence-corrected chi connectivity index (χ2v) is 16.2. The SMILES string of the molecule is c1ccc(-c2cc(-c3ccc(-c4ccc5ccc6cccnc6c5n4)cc3)nc(-c3cc(-c4cccc5c4oc4ccccc45)cc(-c4cccc5c4oc4ccccc45)c3)n2)cc1. The monoisotopic (exact) mass is 818 g/mol. The lowest BCUT2D eigenvalue weighted by Gasteiger charge is -2.13. The molecule has 0 aliphatic rings. The zero-order chi connectivity index (χ0) is 42.1. The zero-order valence-corrected chi connectivity index (χ0v) is 34.2. The first-order valence-corrected chi connectivity index (χ1v) is 21.4. The Hall–Kier alpha value is -8.74. The molecule has 0 aliphatic carbocycles. The predicted octanol–water partition coefficient (Wildman–Crippen LogP) is 15.4. The van der Waals surface area contributed by atoms with Crippen LogP contribution in [-0.4, -0.2) is 19.9 Å². The minimum Gasteiger partial charge on any atom is -0.455 e. The topological polar surface area (TPSA) is 77.8 Å². The number of para-hydroxylation sites is 4. The summed E-state index contributed by atoms with van der Waals surface area (Å²) in [6.45, 7) is 0. The van der Waals surface area contributed by atoms with Gasteiger partial charge >= 0.3 is 0 Å². The van der Waals surface area contributed by atoms with Gasteiger partial charge in [0.15, 0.2) is 5.82 Å². The lowest BCUT2D eigenvalue weighted by molar-refractivity contribution is 0.670. The third-order valence-corrected chi connectivity index (χ3v) is 12.3. The van der Waals surface area contributed by atoms with E-state index in [9.17, 15) is 0 Å². The average molecular weight is 819 g/mol. The second-order valence-electron chi connectivity index (χ2n) is 16.2. The van der Waals surface area contributed by atoms with Gasteiger partial charge in [-0.15, -0.1) is 0 Å². The van der Waals surface area contributed by atoms with Crippen LogP contribution in [0.1, 0.15) is 0 Å². The summed E-state index contributed by atoms with van der Waals surface area (Å²) in [5.41, 5.74) is 15.4. The minimum absolute atomic E-state index is 0.604. The Kier molecular flexibility index (Phi) is 8.11. The van der Waals surface area contributed by atoms with Gasteiger partial charge in [0.05, 0.1) is 28.1 Å². The highest BCUT2D eigenvalue weighted by molar-refractivity contribution is 6.12. The fraction of sp³-hybridized carbons (Fsp3) is 0. The van der Waals surface area contributed by atoms with Crippen LogP contribution in [0.15, 0.2) is 215 Å². The molecule has 0 unspecified atom stereocenters. The summed E-state index contributed by atoms with van der Waals surface area (Å²) < 4.78 is 13.2. The number of fused-ring (bicyclic) bond motifs is 9. The van der Waals surface area contributed by atoms with Gasteiger partial charge in [-0.3, -0.25) is 4.98 Å². The van der Waals surface area contributed by atoms with Gasteiger partial charge in [-0.05, 0) is 59.7 Å². The molecule has 0 fully saturated rings. The molecular weight excluding hydrogens is 785 g/mol. The first-order chi connectivity index (χ1) is 31.7. The summed E-state index contributed by atoms with van der Waals surface area (Å²) in [5, 5.41) is 6.43. The highest BCUT2D eigenvalue weighted by Crippen LogP contribution is 2.42. The zero-order valence-electron chi connectivity index (χ0n) is 34.2. The lowest BCUT2D eigenvalue weighted by atomic mass is 9.93. The van der Waals surface area contributed by atoms with Gasteiger partial charge in [0.2, 0.25) is 0 Å². The molecule has 6 heteroatoms. The van der Waals surface area contributed by atoms with E-state index in [1.54, 1.807) is 0 Å². The summed E-state index contributed by atoms with van der Waals surface area (Å²) in [6.07, 6.45) is 1.82. The maximum absolute atomic E-state index is 6.62. The standard InChI is InChI=1S/C58H34N4O2/c1-2-11-35(12-3-1)50-34-51(37-24-22-36(23-25-37)49-29-28-39-27-26-38-13-10-30-59-54(38)55(39)60-49)62-58(61-50)42-32-40(43-16-8-18-47-45-14-4-6-20-52(45)63-56(43)47)31-41(33-42)44-17-9-19-48-46-15-5-7-21-53(46)64-57(44)48/h1-34H. The van der Waals surface area contributed by atoms with Crippen LogP contribution in [-0.2, 0) is 0 Å². The minimum atomic E-state index is 0.604. The van der Waals surface area contributed by atoms with Crippen molar-refractivity contribution in [2.45, 2.75) is 0 Å². The molecule has 0 atom stereocenters. The van der Waals surface area contributed by atoms with Crippen LogP contribution >= 0.6 is 0 Å². The van der Waals surface area contributed by atoms with Crippen molar-refractivity contribution in [2.75, 3.05) is 0 Å². The van der Waals surface area contributed by atoms with E-state index in [-0.39, 0.29) is 0 Å². The van der Waals surface area contributed by atoms with Crippen molar-refractivity contribution in [1.82, 2.24) is 19.9 Å². The van der Waals surface area contributed by atoms with E-state index in [2.05, 4.69) is 157 Å². The molecule has 13 aromatic rings. The van der Waals surface area contributed by atoms with Gasteiger partial charge in [0.1, 0.15) is 22.3 Å². The maximum atomic E-state index is 6.62. The van der Waals surface area contributed by atoms with Crippen molar-refractivity contribution in [3.63, 3.8) is 0 Å². The Bertz CT molecular complexity index is 3830. The average Bonchev–Trinajstić information content (AvgIpc) is 3.95. The molecule has 0 amide bonds. The van der Waals surface area contributed by atoms with E-state index >= 15 is 0 Å². The Morgan fingerprint density at radius 3 is 1.47 bits per heavy atom. The van der Waals surface area contributed by atoms with Gasteiger partial charge in [-0.25, -0.2) is 15.0 Å². The van der Waals surface area contributed by atoms with E-state index in [4.69, 9.17) is 23.8 Å². The first kappa shape index (κ1) is 36.0. The van der Waals surface area contributed by atoms with Gasteiger partial charge < -0.3 is 8.83 Å². The molecule has 298 valence electrons. The highest BCUT2D eigenvalue weighted by atomic mass is 16.3. The van der Waals surface area contributed by atoms with Crippen LogP contribution in [0.25, 0.3) is 133 Å². The number of hydrogen-bond acceptors (Lipinski definition) is 6. The van der Waals surface area contributed by atoms with Crippen LogP contribution in [0.3, 0.4) is 0 Å². The molecule has 0 bridgehead atoms. The van der Waals surface area contributed by atoms with Crippen LogP contribution < -0.4 is 0 Å². The Morgan fingerprint density at radius 2 is 0.828 bits per heavy atom. The molecule has 0 aliphatic heterocycles. The van der Waals surface area contributed by atoms with Gasteiger partial charge in [-0.1, -0.05) is 152 Å². The van der Waals surface area contributed by atoms with E-state index < -0.39 is 0 Å². The molecule has 13 rings (SSSR count). The maximum Gasteiger partial charge on any atom is 0.160 e. The van der Waals surface area contributed by atoms with Crippen molar-refractivity contribution in [2.24, 2.45) is 0 Å². The quantitative estimate of drug-likeness (QED) is 0.156. The highest BCUT2D eigenvalue weighted by Gasteiger charge is 2.19. The van der Waals surface area contributed by atoms with Crippen LogP contribution in [0.4, 0.5) is 0 Å². The van der Waals surface area contributed by atoms with E-state index in [0.717, 1.165) is 127 Å². The summed E-state index contributed by atoms with van der Waals surface area (Å²) >= 11 is 0. The smallest absolute Gasteiger partial charge is 0.160 e. The van der Waals surface area contributed by atoms with E-state index in [0.29, 0.717) is 5.82 Å². The van der Waals surface area contributed by atoms with Crippen LogP contribution in [0.2, 0.25) is 0 Å². The Balaban J connectivity index is 0.996. The third kappa shape index (κ3) is 5.96. The molecule has 6 nitrogen and oxygen atoms in total. The van der Waals surface area contributed by atoms with Crippen molar-refractivity contribution < 1.29 is 8.83 Å². The fourth-order valence-electron chi connectivity index (χ4n) is 9.19. The number of hydrogen-bond donors (Lipinski definition) is 0. The Morgan fingerprint density at radius 1 is 0.312 bits per heavy atom. The van der Waals surface area contributed by atoms with E-state index in [1.807, 2.05) is 54.7 Å². The molecule has 0 radical (unpaired) electrons. The molecule has 0 spiro atoms. The number of aromatic nitrogens is 4. The number of furan rings is 2. The van der Waals surface area contributed by atoms with Crippen molar-refractivity contribution in [3.8, 4) is 67.4 Å². The number of pyridine rings is 2.